The van der Waals surface area contributed by atoms with Crippen molar-refractivity contribution in [1.29, 1.82) is 0 Å². The van der Waals surface area contributed by atoms with Crippen LogP contribution in [0.3, 0.4) is 0 Å². The van der Waals surface area contributed by atoms with E-state index in [-0.39, 0.29) is 12.5 Å². The van der Waals surface area contributed by atoms with E-state index in [0.717, 1.165) is 11.3 Å². The van der Waals surface area contributed by atoms with Gasteiger partial charge in [0.05, 0.1) is 23.7 Å². The third-order valence-corrected chi connectivity index (χ3v) is 3.85. The van der Waals surface area contributed by atoms with Crippen LogP contribution in [0.1, 0.15) is 16.2 Å². The van der Waals surface area contributed by atoms with Gasteiger partial charge in [-0.15, -0.1) is 0 Å². The lowest BCUT2D eigenvalue weighted by molar-refractivity contribution is 0.0430. The Balaban J connectivity index is 1.43. The Morgan fingerprint density at radius 1 is 1.04 bits per heavy atom. The van der Waals surface area contributed by atoms with Gasteiger partial charge in [0.2, 0.25) is 5.82 Å². The summed E-state index contributed by atoms with van der Waals surface area (Å²) in [4.78, 5) is 24.8. The van der Waals surface area contributed by atoms with Crippen molar-refractivity contribution in [3.63, 3.8) is 0 Å². The van der Waals surface area contributed by atoms with Gasteiger partial charge in [-0.05, 0) is 42.5 Å². The summed E-state index contributed by atoms with van der Waals surface area (Å²) in [5.41, 5.74) is 2.46. The van der Waals surface area contributed by atoms with E-state index in [9.17, 15) is 4.79 Å². The van der Waals surface area contributed by atoms with Crippen LogP contribution in [-0.2, 0) is 11.3 Å². The lowest BCUT2D eigenvalue weighted by Crippen LogP contribution is -2.05. The van der Waals surface area contributed by atoms with E-state index in [1.165, 1.54) is 0 Å². The Bertz CT molecular complexity index is 1090. The minimum atomic E-state index is -0.508. The van der Waals surface area contributed by atoms with E-state index in [0.29, 0.717) is 22.4 Å². The largest absolute Gasteiger partial charge is 0.497 e. The minimum absolute atomic E-state index is 0.125. The van der Waals surface area contributed by atoms with Crippen molar-refractivity contribution in [2.45, 2.75) is 6.61 Å². The first-order chi connectivity index (χ1) is 13.2. The van der Waals surface area contributed by atoms with Crippen molar-refractivity contribution >= 4 is 17.0 Å². The van der Waals surface area contributed by atoms with E-state index in [2.05, 4.69) is 20.1 Å². The summed E-state index contributed by atoms with van der Waals surface area (Å²) in [5.74, 6) is 0.836. The summed E-state index contributed by atoms with van der Waals surface area (Å²) in [5, 5.41) is 3.90. The molecule has 0 radical (unpaired) electrons. The van der Waals surface area contributed by atoms with Gasteiger partial charge in [0.1, 0.15) is 5.75 Å². The zero-order valence-corrected chi connectivity index (χ0v) is 14.3. The molecule has 0 saturated heterocycles. The van der Waals surface area contributed by atoms with Crippen molar-refractivity contribution in [1.82, 2.24) is 20.1 Å². The number of hydrogen-bond donors (Lipinski definition) is 0. The fraction of sp³-hybridized carbons (Fsp3) is 0.105. The minimum Gasteiger partial charge on any atom is -0.497 e. The predicted molar refractivity (Wildman–Crippen MR) is 94.9 cm³/mol. The molecule has 0 spiro atoms. The van der Waals surface area contributed by atoms with E-state index in [1.54, 1.807) is 49.8 Å². The number of aromatic nitrogens is 4. The van der Waals surface area contributed by atoms with Crippen LogP contribution in [0.25, 0.3) is 22.4 Å². The second-order valence-corrected chi connectivity index (χ2v) is 5.58. The van der Waals surface area contributed by atoms with Gasteiger partial charge in [-0.3, -0.25) is 9.97 Å². The maximum absolute atomic E-state index is 12.2. The van der Waals surface area contributed by atoms with Crippen LogP contribution in [0.5, 0.6) is 5.75 Å². The van der Waals surface area contributed by atoms with Gasteiger partial charge in [0, 0.05) is 18.0 Å². The highest BCUT2D eigenvalue weighted by atomic mass is 16.6. The molecule has 4 rings (SSSR count). The van der Waals surface area contributed by atoms with Crippen LogP contribution in [0, 0.1) is 0 Å². The third kappa shape index (κ3) is 3.59. The molecule has 8 heteroatoms. The molecule has 27 heavy (non-hydrogen) atoms. The summed E-state index contributed by atoms with van der Waals surface area (Å²) in [6, 6.07) is 12.2. The maximum Gasteiger partial charge on any atom is 0.338 e. The zero-order chi connectivity index (χ0) is 18.6. The molecule has 2 aromatic carbocycles. The van der Waals surface area contributed by atoms with Gasteiger partial charge >= 0.3 is 5.97 Å². The van der Waals surface area contributed by atoms with Crippen molar-refractivity contribution in [2.24, 2.45) is 0 Å². The number of hydrogen-bond acceptors (Lipinski definition) is 8. The molecular weight excluding hydrogens is 348 g/mol. The van der Waals surface area contributed by atoms with Gasteiger partial charge in [-0.1, -0.05) is 5.16 Å². The van der Waals surface area contributed by atoms with Gasteiger partial charge < -0.3 is 14.0 Å². The maximum atomic E-state index is 12.2. The number of carbonyl (C=O) groups excluding carboxylic acids is 1. The normalized spacial score (nSPS) is 10.7. The first kappa shape index (κ1) is 16.6. The lowest BCUT2D eigenvalue weighted by Gasteiger charge is -2.03. The molecular formula is C19H14N4O4. The monoisotopic (exact) mass is 362 g/mol. The smallest absolute Gasteiger partial charge is 0.338 e. The lowest BCUT2D eigenvalue weighted by atomic mass is 10.2. The van der Waals surface area contributed by atoms with Crippen molar-refractivity contribution < 1.29 is 18.8 Å². The molecule has 0 bridgehead atoms. The number of methoxy groups -OCH3 is 1. The molecule has 0 amide bonds. The number of fused-ring (bicyclic) bond motifs is 1. The third-order valence-electron chi connectivity index (χ3n) is 3.85. The van der Waals surface area contributed by atoms with Crippen LogP contribution >= 0.6 is 0 Å². The first-order valence-electron chi connectivity index (χ1n) is 8.08. The number of nitrogens with zero attached hydrogens (tertiary/aromatic N) is 4. The van der Waals surface area contributed by atoms with Gasteiger partial charge in [0.25, 0.3) is 5.89 Å². The van der Waals surface area contributed by atoms with Crippen LogP contribution in [0.4, 0.5) is 0 Å². The van der Waals surface area contributed by atoms with E-state index in [4.69, 9.17) is 14.0 Å². The highest BCUT2D eigenvalue weighted by Crippen LogP contribution is 2.20. The van der Waals surface area contributed by atoms with Gasteiger partial charge in [0.15, 0.2) is 6.61 Å². The van der Waals surface area contributed by atoms with E-state index in [1.807, 2.05) is 12.1 Å². The topological polar surface area (TPSA) is 100 Å². The Hall–Kier alpha value is -3.81. The fourth-order valence-corrected chi connectivity index (χ4v) is 2.47. The fourth-order valence-electron chi connectivity index (χ4n) is 2.47. The summed E-state index contributed by atoms with van der Waals surface area (Å²) >= 11 is 0. The van der Waals surface area contributed by atoms with Gasteiger partial charge in [-0.25, -0.2) is 4.79 Å². The van der Waals surface area contributed by atoms with Gasteiger partial charge in [-0.2, -0.15) is 4.98 Å². The number of benzene rings is 2. The Morgan fingerprint density at radius 3 is 2.59 bits per heavy atom. The Labute approximate surface area is 153 Å². The molecule has 134 valence electrons. The summed E-state index contributed by atoms with van der Waals surface area (Å²) < 4.78 is 15.5. The molecule has 0 N–H and O–H groups in total. The average Bonchev–Trinajstić information content (AvgIpc) is 3.21. The molecule has 8 nitrogen and oxygen atoms in total. The summed E-state index contributed by atoms with van der Waals surface area (Å²) in [7, 11) is 1.60. The second-order valence-electron chi connectivity index (χ2n) is 5.58. The van der Waals surface area contributed by atoms with E-state index < -0.39 is 5.97 Å². The van der Waals surface area contributed by atoms with Crippen molar-refractivity contribution in [3.8, 4) is 17.1 Å². The Kier molecular flexibility index (Phi) is 4.44. The zero-order valence-electron chi connectivity index (χ0n) is 14.3. The molecule has 0 atom stereocenters. The number of carbonyl (C=O) groups is 1. The molecule has 0 aliphatic carbocycles. The van der Waals surface area contributed by atoms with E-state index >= 15 is 0 Å². The first-order valence-corrected chi connectivity index (χ1v) is 8.08. The number of esters is 1. The molecule has 2 heterocycles. The van der Waals surface area contributed by atoms with Crippen LogP contribution < -0.4 is 4.74 Å². The molecule has 2 aromatic heterocycles. The SMILES string of the molecule is COc1ccc(-c2noc(COC(=O)c3ccc4nccnc4c3)n2)cc1. The predicted octanol–water partition coefficient (Wildman–Crippen LogP) is 3.05. The second kappa shape index (κ2) is 7.20. The highest BCUT2D eigenvalue weighted by molar-refractivity contribution is 5.93. The highest BCUT2D eigenvalue weighted by Gasteiger charge is 2.13. The Morgan fingerprint density at radius 2 is 1.81 bits per heavy atom. The molecule has 0 unspecified atom stereocenters. The summed E-state index contributed by atoms with van der Waals surface area (Å²) in [6.45, 7) is -0.125. The molecule has 0 aliphatic rings. The summed E-state index contributed by atoms with van der Waals surface area (Å²) in [6.07, 6.45) is 3.16. The number of ether oxygens (including phenoxy) is 2. The van der Waals surface area contributed by atoms with Crippen LogP contribution in [0.15, 0.2) is 59.4 Å². The van der Waals surface area contributed by atoms with Crippen LogP contribution in [-0.4, -0.2) is 33.2 Å². The van der Waals surface area contributed by atoms with Crippen molar-refractivity contribution in [3.05, 3.63) is 66.3 Å². The average molecular weight is 362 g/mol. The van der Waals surface area contributed by atoms with Crippen molar-refractivity contribution in [2.75, 3.05) is 7.11 Å². The van der Waals surface area contributed by atoms with Crippen LogP contribution in [0.2, 0.25) is 0 Å². The molecule has 0 aliphatic heterocycles. The molecule has 0 fully saturated rings. The standard InChI is InChI=1S/C19H14N4O4/c1-25-14-5-2-12(3-6-14)18-22-17(27-23-18)11-26-19(24)13-4-7-15-16(10-13)21-9-8-20-15/h2-10H,11H2,1H3. The molecule has 4 aromatic rings. The molecule has 0 saturated carbocycles. The number of rotatable bonds is 5. The quantitative estimate of drug-likeness (QED) is 0.499.